The number of ether oxygens (including phenoxy) is 1. The zero-order valence-electron chi connectivity index (χ0n) is 11.1. The van der Waals surface area contributed by atoms with Gasteiger partial charge in [-0.2, -0.15) is 0 Å². The molecule has 1 aliphatic heterocycles. The van der Waals surface area contributed by atoms with E-state index in [0.717, 1.165) is 5.75 Å². The lowest BCUT2D eigenvalue weighted by molar-refractivity contribution is 0.268. The van der Waals surface area contributed by atoms with Crippen LogP contribution in [0.1, 0.15) is 38.2 Å². The third-order valence-electron chi connectivity index (χ3n) is 3.78. The van der Waals surface area contributed by atoms with Gasteiger partial charge in [0.05, 0.1) is 7.11 Å². The topological polar surface area (TPSA) is 12.5 Å². The van der Waals surface area contributed by atoms with Gasteiger partial charge in [0.15, 0.2) is 0 Å². The van der Waals surface area contributed by atoms with Crippen LogP contribution in [0.5, 0.6) is 5.75 Å². The molecule has 1 heterocycles. The average molecular weight is 233 g/mol. The fraction of sp³-hybridized carbons (Fsp3) is 0.600. The smallest absolute Gasteiger partial charge is 0.119 e. The Morgan fingerprint density at radius 1 is 1.41 bits per heavy atom. The predicted octanol–water partition coefficient (Wildman–Crippen LogP) is 3.28. The summed E-state index contributed by atoms with van der Waals surface area (Å²) in [6, 6.07) is 9.25. The number of benzene rings is 1. The van der Waals surface area contributed by atoms with Gasteiger partial charge >= 0.3 is 0 Å². The Bertz CT molecular complexity index is 364. The second kappa shape index (κ2) is 5.54. The second-order valence-corrected chi connectivity index (χ2v) is 5.05. The number of likely N-dealkylation sites (tertiary alicyclic amines) is 1. The lowest BCUT2D eigenvalue weighted by Crippen LogP contribution is -2.27. The molecular formula is C15H23NO. The summed E-state index contributed by atoms with van der Waals surface area (Å²) in [6.45, 7) is 7.02. The molecule has 2 rings (SSSR count). The number of hydrogen-bond donors (Lipinski definition) is 0. The summed E-state index contributed by atoms with van der Waals surface area (Å²) >= 11 is 0. The number of rotatable bonds is 4. The molecule has 17 heavy (non-hydrogen) atoms. The first-order chi connectivity index (χ1) is 8.24. The van der Waals surface area contributed by atoms with Crippen LogP contribution in [-0.4, -0.2) is 31.1 Å². The molecule has 0 spiro atoms. The molecule has 1 saturated heterocycles. The van der Waals surface area contributed by atoms with E-state index in [2.05, 4.69) is 36.9 Å². The van der Waals surface area contributed by atoms with Crippen LogP contribution in [0.4, 0.5) is 0 Å². The van der Waals surface area contributed by atoms with Crippen LogP contribution in [-0.2, 0) is 0 Å². The van der Waals surface area contributed by atoms with E-state index in [1.165, 1.54) is 31.5 Å². The van der Waals surface area contributed by atoms with Gasteiger partial charge in [0.1, 0.15) is 5.75 Å². The predicted molar refractivity (Wildman–Crippen MR) is 71.7 cm³/mol. The van der Waals surface area contributed by atoms with Crippen LogP contribution < -0.4 is 4.74 Å². The van der Waals surface area contributed by atoms with Crippen LogP contribution in [0.3, 0.4) is 0 Å². The quantitative estimate of drug-likeness (QED) is 0.791. The van der Waals surface area contributed by atoms with E-state index in [-0.39, 0.29) is 0 Å². The van der Waals surface area contributed by atoms with Gasteiger partial charge in [-0.1, -0.05) is 19.1 Å². The first kappa shape index (κ1) is 12.4. The Labute approximate surface area is 105 Å². The molecular weight excluding hydrogens is 210 g/mol. The normalized spacial score (nSPS) is 25.1. The van der Waals surface area contributed by atoms with E-state index in [0.29, 0.717) is 12.0 Å². The van der Waals surface area contributed by atoms with Gasteiger partial charge in [0, 0.05) is 12.6 Å². The van der Waals surface area contributed by atoms with Gasteiger partial charge in [-0.3, -0.25) is 0 Å². The summed E-state index contributed by atoms with van der Waals surface area (Å²) in [5.74, 6) is 1.65. The Morgan fingerprint density at radius 2 is 2.24 bits per heavy atom. The maximum Gasteiger partial charge on any atom is 0.119 e. The number of methoxy groups -OCH3 is 1. The Hall–Kier alpha value is -1.02. The highest BCUT2D eigenvalue weighted by Crippen LogP contribution is 2.32. The highest BCUT2D eigenvalue weighted by atomic mass is 16.5. The first-order valence-corrected chi connectivity index (χ1v) is 6.62. The fourth-order valence-corrected chi connectivity index (χ4v) is 2.83. The molecule has 0 bridgehead atoms. The molecule has 0 saturated carbocycles. The van der Waals surface area contributed by atoms with Crippen molar-refractivity contribution in [3.05, 3.63) is 29.8 Å². The van der Waals surface area contributed by atoms with E-state index in [9.17, 15) is 0 Å². The maximum atomic E-state index is 5.30. The van der Waals surface area contributed by atoms with E-state index < -0.39 is 0 Å². The van der Waals surface area contributed by atoms with Gasteiger partial charge in [-0.15, -0.1) is 0 Å². The third-order valence-corrected chi connectivity index (χ3v) is 3.78. The van der Waals surface area contributed by atoms with Crippen LogP contribution in [0.2, 0.25) is 0 Å². The Kier molecular flexibility index (Phi) is 4.06. The van der Waals surface area contributed by atoms with Crippen molar-refractivity contribution in [2.24, 2.45) is 0 Å². The lowest BCUT2D eigenvalue weighted by Gasteiger charge is -2.19. The Balaban J connectivity index is 2.08. The standard InChI is InChI=1S/C15H23NO/c1-4-8-16-11-14(9-12(16)2)13-6-5-7-15(10-13)17-3/h5-7,10,12,14H,4,8-9,11H2,1-3H3. The van der Waals surface area contributed by atoms with Crippen molar-refractivity contribution in [2.45, 2.75) is 38.6 Å². The number of nitrogens with zero attached hydrogens (tertiary/aromatic N) is 1. The molecule has 2 atom stereocenters. The largest absolute Gasteiger partial charge is 0.497 e. The monoisotopic (exact) mass is 233 g/mol. The van der Waals surface area contributed by atoms with E-state index in [1.54, 1.807) is 7.11 Å². The minimum Gasteiger partial charge on any atom is -0.497 e. The SMILES string of the molecule is CCCN1CC(c2cccc(OC)c2)CC1C. The van der Waals surface area contributed by atoms with Crippen molar-refractivity contribution < 1.29 is 4.74 Å². The Morgan fingerprint density at radius 3 is 2.94 bits per heavy atom. The van der Waals surface area contributed by atoms with Gasteiger partial charge < -0.3 is 9.64 Å². The van der Waals surface area contributed by atoms with Crippen molar-refractivity contribution >= 4 is 0 Å². The van der Waals surface area contributed by atoms with E-state index in [1.807, 2.05) is 6.07 Å². The van der Waals surface area contributed by atoms with Gasteiger partial charge in [0.25, 0.3) is 0 Å². The van der Waals surface area contributed by atoms with Gasteiger partial charge in [0.2, 0.25) is 0 Å². The highest BCUT2D eigenvalue weighted by molar-refractivity contribution is 5.31. The number of hydrogen-bond acceptors (Lipinski definition) is 2. The van der Waals surface area contributed by atoms with Crippen molar-refractivity contribution in [1.82, 2.24) is 4.90 Å². The summed E-state index contributed by atoms with van der Waals surface area (Å²) in [7, 11) is 1.74. The minimum atomic E-state index is 0.673. The molecule has 0 aliphatic carbocycles. The lowest BCUT2D eigenvalue weighted by atomic mass is 9.96. The fourth-order valence-electron chi connectivity index (χ4n) is 2.83. The van der Waals surface area contributed by atoms with Crippen molar-refractivity contribution in [3.63, 3.8) is 0 Å². The van der Waals surface area contributed by atoms with Gasteiger partial charge in [-0.05, 0) is 49.9 Å². The molecule has 0 aromatic heterocycles. The molecule has 1 aromatic carbocycles. The molecule has 2 unspecified atom stereocenters. The molecule has 1 fully saturated rings. The first-order valence-electron chi connectivity index (χ1n) is 6.62. The molecule has 94 valence electrons. The van der Waals surface area contributed by atoms with Crippen LogP contribution >= 0.6 is 0 Å². The van der Waals surface area contributed by atoms with Crippen LogP contribution in [0, 0.1) is 0 Å². The molecule has 2 nitrogen and oxygen atoms in total. The summed E-state index contributed by atoms with van der Waals surface area (Å²) in [5.41, 5.74) is 1.43. The molecule has 0 amide bonds. The zero-order valence-corrected chi connectivity index (χ0v) is 11.1. The van der Waals surface area contributed by atoms with Crippen molar-refractivity contribution in [2.75, 3.05) is 20.2 Å². The summed E-state index contributed by atoms with van der Waals surface area (Å²) in [5, 5.41) is 0. The summed E-state index contributed by atoms with van der Waals surface area (Å²) < 4.78 is 5.30. The molecule has 2 heteroatoms. The van der Waals surface area contributed by atoms with E-state index in [4.69, 9.17) is 4.74 Å². The van der Waals surface area contributed by atoms with Crippen LogP contribution in [0.15, 0.2) is 24.3 Å². The van der Waals surface area contributed by atoms with Crippen molar-refractivity contribution in [3.8, 4) is 5.75 Å². The van der Waals surface area contributed by atoms with Crippen LogP contribution in [0.25, 0.3) is 0 Å². The van der Waals surface area contributed by atoms with E-state index >= 15 is 0 Å². The van der Waals surface area contributed by atoms with Gasteiger partial charge in [-0.25, -0.2) is 0 Å². The minimum absolute atomic E-state index is 0.673. The highest BCUT2D eigenvalue weighted by Gasteiger charge is 2.29. The molecule has 0 radical (unpaired) electrons. The average Bonchev–Trinajstić information content (AvgIpc) is 2.72. The molecule has 1 aliphatic rings. The zero-order chi connectivity index (χ0) is 12.3. The summed E-state index contributed by atoms with van der Waals surface area (Å²) in [4.78, 5) is 2.60. The molecule has 1 aromatic rings. The van der Waals surface area contributed by atoms with Crippen molar-refractivity contribution in [1.29, 1.82) is 0 Å². The molecule has 0 N–H and O–H groups in total. The summed E-state index contributed by atoms with van der Waals surface area (Å²) in [6.07, 6.45) is 2.52. The third kappa shape index (κ3) is 2.81. The second-order valence-electron chi connectivity index (χ2n) is 5.05. The maximum absolute atomic E-state index is 5.30.